The Morgan fingerprint density at radius 3 is 2.55 bits per heavy atom. The summed E-state index contributed by atoms with van der Waals surface area (Å²) in [6.45, 7) is 0.332. The van der Waals surface area contributed by atoms with Gasteiger partial charge in [0, 0.05) is 11.9 Å². The summed E-state index contributed by atoms with van der Waals surface area (Å²) in [5.74, 6) is -0.357. The SMILES string of the molecule is O=S(=O)(NCC1CCC(Cl)CC1)c1cc(F)ccc1Cl. The molecule has 0 aliphatic heterocycles. The van der Waals surface area contributed by atoms with Gasteiger partial charge in [0.2, 0.25) is 10.0 Å². The number of nitrogens with one attached hydrogen (secondary N) is 1. The van der Waals surface area contributed by atoms with E-state index in [1.807, 2.05) is 0 Å². The van der Waals surface area contributed by atoms with Gasteiger partial charge in [0.15, 0.2) is 0 Å². The van der Waals surface area contributed by atoms with Gasteiger partial charge >= 0.3 is 0 Å². The topological polar surface area (TPSA) is 46.2 Å². The molecule has 0 bridgehead atoms. The van der Waals surface area contributed by atoms with Crippen molar-refractivity contribution in [2.45, 2.75) is 36.0 Å². The Morgan fingerprint density at radius 2 is 1.90 bits per heavy atom. The van der Waals surface area contributed by atoms with Crippen molar-refractivity contribution in [3.05, 3.63) is 29.0 Å². The van der Waals surface area contributed by atoms with Crippen LogP contribution in [-0.4, -0.2) is 20.3 Å². The lowest BCUT2D eigenvalue weighted by molar-refractivity contribution is 0.361. The minimum Gasteiger partial charge on any atom is -0.211 e. The fourth-order valence-electron chi connectivity index (χ4n) is 2.31. The highest BCUT2D eigenvalue weighted by atomic mass is 35.5. The van der Waals surface area contributed by atoms with Crippen LogP contribution in [-0.2, 0) is 10.0 Å². The van der Waals surface area contributed by atoms with E-state index in [9.17, 15) is 12.8 Å². The zero-order valence-corrected chi connectivity index (χ0v) is 13.1. The number of hydrogen-bond acceptors (Lipinski definition) is 2. The lowest BCUT2D eigenvalue weighted by Gasteiger charge is -2.25. The van der Waals surface area contributed by atoms with Gasteiger partial charge in [-0.1, -0.05) is 11.6 Å². The molecule has 0 amide bonds. The Bertz CT molecular complexity index is 572. The van der Waals surface area contributed by atoms with Gasteiger partial charge in [-0.25, -0.2) is 17.5 Å². The van der Waals surface area contributed by atoms with Crippen LogP contribution in [0.2, 0.25) is 5.02 Å². The molecule has 1 saturated carbocycles. The van der Waals surface area contributed by atoms with Crippen molar-refractivity contribution in [2.24, 2.45) is 5.92 Å². The number of rotatable bonds is 4. The largest absolute Gasteiger partial charge is 0.242 e. The van der Waals surface area contributed by atoms with Crippen molar-refractivity contribution < 1.29 is 12.8 Å². The van der Waals surface area contributed by atoms with E-state index in [0.29, 0.717) is 6.54 Å². The third-order valence-electron chi connectivity index (χ3n) is 3.52. The molecule has 0 spiro atoms. The zero-order valence-electron chi connectivity index (χ0n) is 10.8. The van der Waals surface area contributed by atoms with Crippen molar-refractivity contribution >= 4 is 33.2 Å². The first-order chi connectivity index (χ1) is 9.38. The van der Waals surface area contributed by atoms with E-state index in [-0.39, 0.29) is 21.2 Å². The van der Waals surface area contributed by atoms with Crippen LogP contribution in [0.1, 0.15) is 25.7 Å². The molecule has 2 rings (SSSR count). The summed E-state index contributed by atoms with van der Waals surface area (Å²) in [4.78, 5) is -0.217. The van der Waals surface area contributed by atoms with Gasteiger partial charge in [-0.05, 0) is 49.8 Å². The number of hydrogen-bond donors (Lipinski definition) is 1. The van der Waals surface area contributed by atoms with Crippen LogP contribution in [0.5, 0.6) is 0 Å². The van der Waals surface area contributed by atoms with Crippen molar-refractivity contribution in [2.75, 3.05) is 6.54 Å². The summed E-state index contributed by atoms with van der Waals surface area (Å²) in [6.07, 6.45) is 3.59. The molecular formula is C13H16Cl2FNO2S. The molecule has 1 aliphatic rings. The highest BCUT2D eigenvalue weighted by Crippen LogP contribution is 2.28. The van der Waals surface area contributed by atoms with Gasteiger partial charge in [0.1, 0.15) is 10.7 Å². The molecule has 1 fully saturated rings. The summed E-state index contributed by atoms with van der Waals surface area (Å²) in [7, 11) is -3.78. The quantitative estimate of drug-likeness (QED) is 0.852. The summed E-state index contributed by atoms with van der Waals surface area (Å²) in [6, 6.07) is 3.30. The Hall–Kier alpha value is -0.360. The van der Waals surface area contributed by atoms with Crippen LogP contribution >= 0.6 is 23.2 Å². The Kier molecular flexibility index (Phi) is 5.29. The second-order valence-electron chi connectivity index (χ2n) is 5.04. The lowest BCUT2D eigenvalue weighted by Crippen LogP contribution is -2.31. The van der Waals surface area contributed by atoms with Gasteiger partial charge in [-0.15, -0.1) is 11.6 Å². The van der Waals surface area contributed by atoms with Gasteiger partial charge in [-0.3, -0.25) is 0 Å². The highest BCUT2D eigenvalue weighted by Gasteiger charge is 2.23. The van der Waals surface area contributed by atoms with E-state index in [1.54, 1.807) is 0 Å². The molecule has 1 aliphatic carbocycles. The lowest BCUT2D eigenvalue weighted by atomic mass is 9.89. The van der Waals surface area contributed by atoms with Gasteiger partial charge < -0.3 is 0 Å². The fraction of sp³-hybridized carbons (Fsp3) is 0.538. The number of halogens is 3. The van der Waals surface area contributed by atoms with Crippen LogP contribution in [0, 0.1) is 11.7 Å². The number of sulfonamides is 1. The Morgan fingerprint density at radius 1 is 1.25 bits per heavy atom. The van der Waals surface area contributed by atoms with E-state index in [0.717, 1.165) is 37.8 Å². The fourth-order valence-corrected chi connectivity index (χ4v) is 4.19. The van der Waals surface area contributed by atoms with E-state index >= 15 is 0 Å². The maximum absolute atomic E-state index is 13.1. The monoisotopic (exact) mass is 339 g/mol. The Balaban J connectivity index is 2.02. The van der Waals surface area contributed by atoms with Crippen LogP contribution in [0.25, 0.3) is 0 Å². The van der Waals surface area contributed by atoms with Crippen LogP contribution in [0.4, 0.5) is 4.39 Å². The van der Waals surface area contributed by atoms with E-state index in [1.165, 1.54) is 6.07 Å². The second-order valence-corrected chi connectivity index (χ2v) is 7.80. The molecule has 0 saturated heterocycles. The summed E-state index contributed by atoms with van der Waals surface area (Å²) in [5, 5.41) is 0.212. The first-order valence-electron chi connectivity index (χ1n) is 6.47. The third-order valence-corrected chi connectivity index (χ3v) is 5.86. The molecule has 0 atom stereocenters. The average molecular weight is 340 g/mol. The minimum absolute atomic E-state index is 0.0170. The smallest absolute Gasteiger partial charge is 0.211 e. The van der Waals surface area contributed by atoms with Crippen LogP contribution in [0.15, 0.2) is 23.1 Å². The summed E-state index contributed by atoms with van der Waals surface area (Å²) in [5.41, 5.74) is 0. The van der Waals surface area contributed by atoms with Crippen LogP contribution < -0.4 is 4.72 Å². The molecule has 0 aromatic heterocycles. The average Bonchev–Trinajstić information content (AvgIpc) is 2.41. The maximum Gasteiger partial charge on any atom is 0.242 e. The van der Waals surface area contributed by atoms with E-state index < -0.39 is 15.8 Å². The summed E-state index contributed by atoms with van der Waals surface area (Å²) >= 11 is 11.8. The standard InChI is InChI=1S/C13H16Cl2FNO2S/c14-10-3-1-9(2-4-10)8-17-20(18,19)13-7-11(16)5-6-12(13)15/h5-7,9-10,17H,1-4,8H2. The molecule has 7 heteroatoms. The first kappa shape index (κ1) is 16.0. The van der Waals surface area contributed by atoms with Crippen molar-refractivity contribution in [1.29, 1.82) is 0 Å². The zero-order chi connectivity index (χ0) is 14.8. The molecule has 1 aromatic rings. The van der Waals surface area contributed by atoms with Crippen LogP contribution in [0.3, 0.4) is 0 Å². The summed E-state index contributed by atoms with van der Waals surface area (Å²) < 4.78 is 39.9. The number of alkyl halides is 1. The second kappa shape index (κ2) is 6.60. The van der Waals surface area contributed by atoms with E-state index in [2.05, 4.69) is 4.72 Å². The molecule has 20 heavy (non-hydrogen) atoms. The molecular weight excluding hydrogens is 324 g/mol. The third kappa shape index (κ3) is 4.07. The van der Waals surface area contributed by atoms with Gasteiger partial charge in [0.05, 0.1) is 5.02 Å². The highest BCUT2D eigenvalue weighted by molar-refractivity contribution is 7.89. The predicted octanol–water partition coefficient (Wildman–Crippen LogP) is 3.56. The Labute approximate surface area is 128 Å². The van der Waals surface area contributed by atoms with Crippen molar-refractivity contribution in [3.8, 4) is 0 Å². The molecule has 1 N–H and O–H groups in total. The minimum atomic E-state index is -3.78. The normalized spacial score (nSPS) is 23.8. The predicted molar refractivity (Wildman–Crippen MR) is 78.2 cm³/mol. The first-order valence-corrected chi connectivity index (χ1v) is 8.77. The molecule has 112 valence electrons. The van der Waals surface area contributed by atoms with Gasteiger partial charge in [-0.2, -0.15) is 0 Å². The van der Waals surface area contributed by atoms with Crippen molar-refractivity contribution in [3.63, 3.8) is 0 Å². The maximum atomic E-state index is 13.1. The molecule has 0 heterocycles. The molecule has 1 aromatic carbocycles. The molecule has 0 radical (unpaired) electrons. The van der Waals surface area contributed by atoms with Crippen molar-refractivity contribution in [1.82, 2.24) is 4.72 Å². The van der Waals surface area contributed by atoms with Gasteiger partial charge in [0.25, 0.3) is 0 Å². The number of benzene rings is 1. The molecule has 0 unspecified atom stereocenters. The molecule has 3 nitrogen and oxygen atoms in total. The van der Waals surface area contributed by atoms with E-state index in [4.69, 9.17) is 23.2 Å².